The van der Waals surface area contributed by atoms with Crippen LogP contribution in [-0.2, 0) is 4.79 Å². The van der Waals surface area contributed by atoms with Gasteiger partial charge in [0.1, 0.15) is 5.69 Å². The van der Waals surface area contributed by atoms with Gasteiger partial charge < -0.3 is 20.3 Å². The number of carbonyl (C=O) groups is 1. The highest BCUT2D eigenvalue weighted by Crippen LogP contribution is 2.34. The van der Waals surface area contributed by atoms with Crippen molar-refractivity contribution >= 4 is 17.3 Å². The second-order valence-corrected chi connectivity index (χ2v) is 4.27. The van der Waals surface area contributed by atoms with Crippen LogP contribution in [0.1, 0.15) is 13.8 Å². The molecule has 8 heteroatoms. The lowest BCUT2D eigenvalue weighted by Crippen LogP contribution is -2.41. The van der Waals surface area contributed by atoms with Crippen molar-refractivity contribution in [3.8, 4) is 5.75 Å². The third-order valence-corrected chi connectivity index (χ3v) is 2.57. The van der Waals surface area contributed by atoms with Crippen LogP contribution in [-0.4, -0.2) is 39.9 Å². The number of hydrogen-bond donors (Lipinski definition) is 3. The van der Waals surface area contributed by atoms with E-state index < -0.39 is 16.5 Å². The van der Waals surface area contributed by atoms with Crippen molar-refractivity contribution in [3.05, 3.63) is 28.3 Å². The van der Waals surface area contributed by atoms with Gasteiger partial charge in [-0.15, -0.1) is 0 Å². The van der Waals surface area contributed by atoms with Gasteiger partial charge in [-0.25, -0.2) is 4.79 Å². The number of rotatable bonds is 7. The Hall–Kier alpha value is -2.35. The number of carboxylic acids is 1. The van der Waals surface area contributed by atoms with Gasteiger partial charge in [0.05, 0.1) is 18.1 Å². The average molecular weight is 284 g/mol. The van der Waals surface area contributed by atoms with E-state index in [0.717, 1.165) is 6.92 Å². The summed E-state index contributed by atoms with van der Waals surface area (Å²) in [4.78, 5) is 21.2. The third-order valence-electron chi connectivity index (χ3n) is 2.57. The van der Waals surface area contributed by atoms with Crippen molar-refractivity contribution in [2.75, 3.05) is 18.5 Å². The van der Waals surface area contributed by atoms with Crippen LogP contribution in [0.2, 0.25) is 0 Å². The van der Waals surface area contributed by atoms with E-state index in [1.165, 1.54) is 18.2 Å². The Balaban J connectivity index is 3.03. The molecule has 0 aromatic heterocycles. The standard InChI is InChI=1S/C12H16N2O6/c1-3-20-9-6-4-5-8(10(9)14(18)19)13-7-12(2,17)11(15)16/h4-6,13,17H,3,7H2,1-2H3,(H,15,16). The van der Waals surface area contributed by atoms with E-state index in [9.17, 15) is 20.0 Å². The predicted molar refractivity (Wildman–Crippen MR) is 71.0 cm³/mol. The van der Waals surface area contributed by atoms with Gasteiger partial charge in [0.25, 0.3) is 0 Å². The number of nitrogens with zero attached hydrogens (tertiary/aromatic N) is 1. The number of aliphatic hydroxyl groups is 1. The van der Waals surface area contributed by atoms with Crippen LogP contribution in [0.4, 0.5) is 11.4 Å². The first-order valence-corrected chi connectivity index (χ1v) is 5.89. The van der Waals surface area contributed by atoms with Crippen molar-refractivity contribution in [3.63, 3.8) is 0 Å². The van der Waals surface area contributed by atoms with Gasteiger partial charge in [-0.3, -0.25) is 10.1 Å². The number of carboxylic acid groups (broad SMARTS) is 1. The molecule has 0 aliphatic rings. The normalized spacial score (nSPS) is 13.3. The Bertz CT molecular complexity index is 515. The van der Waals surface area contributed by atoms with Crippen molar-refractivity contribution in [1.29, 1.82) is 0 Å². The zero-order chi connectivity index (χ0) is 15.3. The van der Waals surface area contributed by atoms with E-state index in [2.05, 4.69) is 5.32 Å². The second kappa shape index (κ2) is 6.20. The largest absolute Gasteiger partial charge is 0.487 e. The SMILES string of the molecule is CCOc1cccc(NCC(C)(O)C(=O)O)c1[N+](=O)[O-]. The quantitative estimate of drug-likeness (QED) is 0.508. The number of nitro benzene ring substituents is 1. The van der Waals surface area contributed by atoms with Gasteiger partial charge in [0.2, 0.25) is 0 Å². The predicted octanol–water partition coefficient (Wildman–Crippen LogP) is 1.24. The number of anilines is 1. The zero-order valence-electron chi connectivity index (χ0n) is 11.1. The number of nitro groups is 1. The Morgan fingerprint density at radius 1 is 1.55 bits per heavy atom. The Kier molecular flexibility index (Phi) is 4.87. The molecule has 0 aliphatic heterocycles. The summed E-state index contributed by atoms with van der Waals surface area (Å²) in [5.41, 5.74) is -2.24. The average Bonchev–Trinajstić information content (AvgIpc) is 2.36. The molecule has 8 nitrogen and oxygen atoms in total. The van der Waals surface area contributed by atoms with Gasteiger partial charge in [0, 0.05) is 0 Å². The molecule has 0 radical (unpaired) electrons. The highest BCUT2D eigenvalue weighted by atomic mass is 16.6. The zero-order valence-corrected chi connectivity index (χ0v) is 11.1. The lowest BCUT2D eigenvalue weighted by atomic mass is 10.1. The molecule has 0 bridgehead atoms. The molecule has 0 fully saturated rings. The van der Waals surface area contributed by atoms with Gasteiger partial charge >= 0.3 is 11.7 Å². The first-order valence-electron chi connectivity index (χ1n) is 5.89. The van der Waals surface area contributed by atoms with Crippen LogP contribution in [0.5, 0.6) is 5.75 Å². The van der Waals surface area contributed by atoms with Gasteiger partial charge in [0.15, 0.2) is 11.4 Å². The molecule has 0 saturated heterocycles. The molecule has 0 saturated carbocycles. The maximum Gasteiger partial charge on any atom is 0.337 e. The van der Waals surface area contributed by atoms with Gasteiger partial charge in [-0.05, 0) is 26.0 Å². The summed E-state index contributed by atoms with van der Waals surface area (Å²) in [6.07, 6.45) is 0. The number of benzene rings is 1. The minimum atomic E-state index is -2.03. The number of para-hydroxylation sites is 1. The van der Waals surface area contributed by atoms with Gasteiger partial charge in [-0.2, -0.15) is 0 Å². The molecule has 1 aromatic rings. The van der Waals surface area contributed by atoms with E-state index in [1.807, 2.05) is 0 Å². The van der Waals surface area contributed by atoms with Crippen molar-refractivity contribution in [2.45, 2.75) is 19.4 Å². The summed E-state index contributed by atoms with van der Waals surface area (Å²) in [5.74, 6) is -1.34. The molecule has 1 atom stereocenters. The van der Waals surface area contributed by atoms with Crippen LogP contribution in [0.3, 0.4) is 0 Å². The van der Waals surface area contributed by atoms with Crippen LogP contribution >= 0.6 is 0 Å². The first-order chi connectivity index (χ1) is 9.29. The lowest BCUT2D eigenvalue weighted by Gasteiger charge is -2.19. The fraction of sp³-hybridized carbons (Fsp3) is 0.417. The lowest BCUT2D eigenvalue weighted by molar-refractivity contribution is -0.384. The summed E-state index contributed by atoms with van der Waals surface area (Å²) in [5, 5.41) is 32.0. The van der Waals surface area contributed by atoms with E-state index in [1.54, 1.807) is 6.92 Å². The maximum absolute atomic E-state index is 11.1. The number of hydrogen-bond acceptors (Lipinski definition) is 6. The van der Waals surface area contributed by atoms with E-state index >= 15 is 0 Å². The molecule has 0 amide bonds. The first kappa shape index (κ1) is 15.7. The fourth-order valence-corrected chi connectivity index (χ4v) is 1.47. The topological polar surface area (TPSA) is 122 Å². The van der Waals surface area contributed by atoms with Crippen molar-refractivity contribution < 1.29 is 24.7 Å². The van der Waals surface area contributed by atoms with Crippen LogP contribution in [0.15, 0.2) is 18.2 Å². The van der Waals surface area contributed by atoms with Gasteiger partial charge in [-0.1, -0.05) is 6.07 Å². The molecule has 1 aromatic carbocycles. The molecule has 0 aliphatic carbocycles. The van der Waals surface area contributed by atoms with E-state index in [-0.39, 0.29) is 30.3 Å². The fourth-order valence-electron chi connectivity index (χ4n) is 1.47. The molecule has 0 spiro atoms. The molecule has 20 heavy (non-hydrogen) atoms. The summed E-state index contributed by atoms with van der Waals surface area (Å²) in [6.45, 7) is 2.68. The molecular weight excluding hydrogens is 268 g/mol. The third kappa shape index (κ3) is 3.58. The second-order valence-electron chi connectivity index (χ2n) is 4.27. The Labute approximate surface area is 115 Å². The number of aliphatic carboxylic acids is 1. The minimum absolute atomic E-state index is 0.0810. The van der Waals surface area contributed by atoms with Crippen molar-refractivity contribution in [2.24, 2.45) is 0 Å². The number of nitrogens with one attached hydrogen (secondary N) is 1. The molecular formula is C12H16N2O6. The molecule has 1 rings (SSSR count). The summed E-state index contributed by atoms with van der Waals surface area (Å²) >= 11 is 0. The highest BCUT2D eigenvalue weighted by Gasteiger charge is 2.31. The number of ether oxygens (including phenoxy) is 1. The Morgan fingerprint density at radius 2 is 2.20 bits per heavy atom. The molecule has 1 unspecified atom stereocenters. The monoisotopic (exact) mass is 284 g/mol. The summed E-state index contributed by atoms with van der Waals surface area (Å²) in [6, 6.07) is 4.40. The van der Waals surface area contributed by atoms with E-state index in [0.29, 0.717) is 0 Å². The van der Waals surface area contributed by atoms with Crippen LogP contribution in [0.25, 0.3) is 0 Å². The maximum atomic E-state index is 11.1. The molecule has 0 heterocycles. The van der Waals surface area contributed by atoms with Crippen LogP contribution in [0, 0.1) is 10.1 Å². The molecule has 3 N–H and O–H groups in total. The van der Waals surface area contributed by atoms with E-state index in [4.69, 9.17) is 9.84 Å². The smallest absolute Gasteiger partial charge is 0.337 e. The summed E-state index contributed by atoms with van der Waals surface area (Å²) < 4.78 is 5.16. The highest BCUT2D eigenvalue weighted by molar-refractivity contribution is 5.78. The Morgan fingerprint density at radius 3 is 2.70 bits per heavy atom. The molecule has 110 valence electrons. The minimum Gasteiger partial charge on any atom is -0.487 e. The summed E-state index contributed by atoms with van der Waals surface area (Å²) in [7, 11) is 0. The van der Waals surface area contributed by atoms with Crippen LogP contribution < -0.4 is 10.1 Å². The van der Waals surface area contributed by atoms with Crippen molar-refractivity contribution in [1.82, 2.24) is 0 Å².